The normalized spacial score (nSPS) is 12.5. The number of halogens is 1. The minimum Gasteiger partial charge on any atom is -0.396 e. The third-order valence-corrected chi connectivity index (χ3v) is 2.84. The number of rotatable bonds is 5. The van der Waals surface area contributed by atoms with Crippen molar-refractivity contribution in [1.29, 1.82) is 0 Å². The van der Waals surface area contributed by atoms with E-state index in [0.29, 0.717) is 16.7 Å². The Labute approximate surface area is 96.1 Å². The predicted octanol–water partition coefficient (Wildman–Crippen LogP) is 1.11. The third-order valence-electron chi connectivity index (χ3n) is 2.11. The summed E-state index contributed by atoms with van der Waals surface area (Å²) in [4.78, 5) is 17.7. The molecule has 0 radical (unpaired) electrons. The van der Waals surface area contributed by atoms with Crippen LogP contribution in [-0.2, 0) is 0 Å². The number of anilines is 1. The van der Waals surface area contributed by atoms with Crippen molar-refractivity contribution in [3.63, 3.8) is 0 Å². The van der Waals surface area contributed by atoms with Crippen LogP contribution >= 0.6 is 15.9 Å². The minimum atomic E-state index is -0.216. The van der Waals surface area contributed by atoms with E-state index in [9.17, 15) is 4.79 Å². The van der Waals surface area contributed by atoms with Gasteiger partial charge >= 0.3 is 0 Å². The van der Waals surface area contributed by atoms with Gasteiger partial charge in [-0.15, -0.1) is 0 Å². The number of nitrogens with one attached hydrogen (secondary N) is 2. The summed E-state index contributed by atoms with van der Waals surface area (Å²) in [6.45, 7) is 2.13. The number of aromatic amines is 1. The average Bonchev–Trinajstić information content (AvgIpc) is 2.24. The summed E-state index contributed by atoms with van der Waals surface area (Å²) < 4.78 is 0.390. The Morgan fingerprint density at radius 3 is 3.07 bits per heavy atom. The number of hydrogen-bond donors (Lipinski definition) is 3. The third kappa shape index (κ3) is 3.32. The van der Waals surface area contributed by atoms with Gasteiger partial charge in [-0.2, -0.15) is 0 Å². The highest BCUT2D eigenvalue weighted by atomic mass is 79.9. The lowest BCUT2D eigenvalue weighted by Gasteiger charge is -2.16. The monoisotopic (exact) mass is 275 g/mol. The molecule has 0 amide bonds. The SMILES string of the molecule is CCC(CCO)Nc1nc[nH]c(=O)c1Br. The van der Waals surface area contributed by atoms with E-state index in [-0.39, 0.29) is 18.2 Å². The number of hydrogen-bond acceptors (Lipinski definition) is 4. The Kier molecular flexibility index (Phi) is 4.77. The Morgan fingerprint density at radius 2 is 2.47 bits per heavy atom. The maximum Gasteiger partial charge on any atom is 0.267 e. The van der Waals surface area contributed by atoms with Crippen LogP contribution in [0, 0.1) is 0 Å². The Balaban J connectivity index is 2.79. The maximum atomic E-state index is 11.2. The first-order valence-corrected chi connectivity index (χ1v) is 5.59. The van der Waals surface area contributed by atoms with Crippen LogP contribution in [0.25, 0.3) is 0 Å². The van der Waals surface area contributed by atoms with Crippen LogP contribution in [0.5, 0.6) is 0 Å². The van der Waals surface area contributed by atoms with Gasteiger partial charge in [0.05, 0.1) is 6.33 Å². The lowest BCUT2D eigenvalue weighted by molar-refractivity contribution is 0.278. The molecule has 0 aliphatic heterocycles. The molecule has 1 unspecified atom stereocenters. The number of H-pyrrole nitrogens is 1. The summed E-state index contributed by atoms with van der Waals surface area (Å²) >= 11 is 3.16. The molecule has 5 nitrogen and oxygen atoms in total. The van der Waals surface area contributed by atoms with Crippen LogP contribution in [-0.4, -0.2) is 27.7 Å². The van der Waals surface area contributed by atoms with E-state index in [1.165, 1.54) is 6.33 Å². The molecule has 0 bridgehead atoms. The quantitative estimate of drug-likeness (QED) is 0.752. The van der Waals surface area contributed by atoms with Gasteiger partial charge in [-0.3, -0.25) is 4.79 Å². The van der Waals surface area contributed by atoms with Gasteiger partial charge in [0.1, 0.15) is 10.3 Å². The first kappa shape index (κ1) is 12.2. The molecular formula is C9H14BrN3O2. The van der Waals surface area contributed by atoms with E-state index < -0.39 is 0 Å². The fourth-order valence-corrected chi connectivity index (χ4v) is 1.54. The van der Waals surface area contributed by atoms with E-state index in [2.05, 4.69) is 31.2 Å². The molecule has 1 aromatic rings. The lowest BCUT2D eigenvalue weighted by atomic mass is 10.1. The largest absolute Gasteiger partial charge is 0.396 e. The van der Waals surface area contributed by atoms with Gasteiger partial charge in [0.15, 0.2) is 0 Å². The fourth-order valence-electron chi connectivity index (χ4n) is 1.21. The maximum absolute atomic E-state index is 11.2. The van der Waals surface area contributed by atoms with Crippen LogP contribution in [0.1, 0.15) is 19.8 Å². The molecule has 15 heavy (non-hydrogen) atoms. The zero-order chi connectivity index (χ0) is 11.3. The van der Waals surface area contributed by atoms with Crippen molar-refractivity contribution in [3.05, 3.63) is 21.2 Å². The molecule has 0 saturated carbocycles. The molecule has 1 aromatic heterocycles. The summed E-state index contributed by atoms with van der Waals surface area (Å²) in [5.74, 6) is 0.513. The van der Waals surface area contributed by atoms with E-state index in [1.807, 2.05) is 6.92 Å². The second kappa shape index (κ2) is 5.87. The smallest absolute Gasteiger partial charge is 0.267 e. The van der Waals surface area contributed by atoms with Gasteiger partial charge in [-0.1, -0.05) is 6.92 Å². The van der Waals surface area contributed by atoms with Crippen molar-refractivity contribution in [3.8, 4) is 0 Å². The van der Waals surface area contributed by atoms with Crippen molar-refractivity contribution in [1.82, 2.24) is 9.97 Å². The first-order valence-electron chi connectivity index (χ1n) is 4.79. The van der Waals surface area contributed by atoms with E-state index in [1.54, 1.807) is 0 Å². The molecule has 1 heterocycles. The highest BCUT2D eigenvalue weighted by molar-refractivity contribution is 9.10. The Morgan fingerprint density at radius 1 is 1.73 bits per heavy atom. The summed E-state index contributed by atoms with van der Waals surface area (Å²) in [6.07, 6.45) is 2.85. The van der Waals surface area contributed by atoms with Crippen LogP contribution in [0.4, 0.5) is 5.82 Å². The van der Waals surface area contributed by atoms with Gasteiger partial charge in [0.25, 0.3) is 5.56 Å². The second-order valence-electron chi connectivity index (χ2n) is 3.16. The first-order chi connectivity index (χ1) is 7.19. The second-order valence-corrected chi connectivity index (χ2v) is 3.95. The summed E-state index contributed by atoms with van der Waals surface area (Å²) in [5.41, 5.74) is -0.216. The number of aromatic nitrogens is 2. The van der Waals surface area contributed by atoms with Gasteiger partial charge in [0.2, 0.25) is 0 Å². The summed E-state index contributed by atoms with van der Waals surface area (Å²) in [5, 5.41) is 11.9. The molecule has 1 rings (SSSR count). The van der Waals surface area contributed by atoms with Crippen LogP contribution in [0.2, 0.25) is 0 Å². The van der Waals surface area contributed by atoms with Gasteiger partial charge in [0, 0.05) is 12.6 Å². The molecule has 0 aromatic carbocycles. The van der Waals surface area contributed by atoms with E-state index in [4.69, 9.17) is 5.11 Å². The zero-order valence-corrected chi connectivity index (χ0v) is 10.0. The van der Waals surface area contributed by atoms with E-state index in [0.717, 1.165) is 6.42 Å². The summed E-state index contributed by atoms with van der Waals surface area (Å²) in [6, 6.07) is 0.126. The topological polar surface area (TPSA) is 78.0 Å². The number of nitrogens with zero attached hydrogens (tertiary/aromatic N) is 1. The predicted molar refractivity (Wildman–Crippen MR) is 62.0 cm³/mol. The van der Waals surface area contributed by atoms with Crippen molar-refractivity contribution in [2.45, 2.75) is 25.8 Å². The van der Waals surface area contributed by atoms with Crippen LogP contribution in [0.15, 0.2) is 15.6 Å². The number of aliphatic hydroxyl groups is 1. The van der Waals surface area contributed by atoms with Crippen molar-refractivity contribution in [2.75, 3.05) is 11.9 Å². The Bertz CT molecular complexity index is 367. The molecular weight excluding hydrogens is 262 g/mol. The fraction of sp³-hybridized carbons (Fsp3) is 0.556. The van der Waals surface area contributed by atoms with Crippen LogP contribution in [0.3, 0.4) is 0 Å². The van der Waals surface area contributed by atoms with Gasteiger partial charge in [-0.25, -0.2) is 4.98 Å². The Hall–Kier alpha value is -0.880. The molecule has 0 spiro atoms. The van der Waals surface area contributed by atoms with Gasteiger partial charge in [-0.05, 0) is 28.8 Å². The van der Waals surface area contributed by atoms with E-state index >= 15 is 0 Å². The van der Waals surface area contributed by atoms with Crippen LogP contribution < -0.4 is 10.9 Å². The minimum absolute atomic E-state index is 0.117. The highest BCUT2D eigenvalue weighted by Crippen LogP contribution is 2.15. The summed E-state index contributed by atoms with van der Waals surface area (Å²) in [7, 11) is 0. The standard InChI is InChI=1S/C9H14BrN3O2/c1-2-6(3-4-14)13-8-7(10)9(15)12-5-11-8/h5-6,14H,2-4H2,1H3,(H2,11,12,13,15). The molecule has 6 heteroatoms. The van der Waals surface area contributed by atoms with Crippen molar-refractivity contribution >= 4 is 21.7 Å². The van der Waals surface area contributed by atoms with Gasteiger partial charge < -0.3 is 15.4 Å². The molecule has 0 aliphatic rings. The molecule has 3 N–H and O–H groups in total. The van der Waals surface area contributed by atoms with Crippen molar-refractivity contribution < 1.29 is 5.11 Å². The molecule has 84 valence electrons. The molecule has 1 atom stereocenters. The lowest BCUT2D eigenvalue weighted by Crippen LogP contribution is -2.22. The molecule has 0 saturated heterocycles. The highest BCUT2D eigenvalue weighted by Gasteiger charge is 2.10. The molecule has 0 fully saturated rings. The number of aliphatic hydroxyl groups excluding tert-OH is 1. The van der Waals surface area contributed by atoms with Crippen molar-refractivity contribution in [2.24, 2.45) is 0 Å². The molecule has 0 aliphatic carbocycles. The average molecular weight is 276 g/mol. The zero-order valence-electron chi connectivity index (χ0n) is 8.46.